The van der Waals surface area contributed by atoms with E-state index < -0.39 is 0 Å². The van der Waals surface area contributed by atoms with Gasteiger partial charge in [0.15, 0.2) is 0 Å². The predicted octanol–water partition coefficient (Wildman–Crippen LogP) is 2.83. The number of aryl methyl sites for hydroxylation is 1. The van der Waals surface area contributed by atoms with Gasteiger partial charge in [0.2, 0.25) is 0 Å². The Hall–Kier alpha value is -1.88. The van der Waals surface area contributed by atoms with Crippen molar-refractivity contribution in [3.8, 4) is 0 Å². The SMILES string of the molecule is CCc1nnc(CNC(C)c2cccc(N3CCCC3)c2)n1C. The zero-order valence-corrected chi connectivity index (χ0v) is 14.4. The molecule has 1 unspecified atom stereocenters. The molecule has 1 atom stereocenters. The third kappa shape index (κ3) is 3.55. The monoisotopic (exact) mass is 313 g/mol. The van der Waals surface area contributed by atoms with Crippen LogP contribution in [0.5, 0.6) is 0 Å². The highest BCUT2D eigenvalue weighted by molar-refractivity contribution is 5.49. The van der Waals surface area contributed by atoms with Crippen molar-refractivity contribution in [1.82, 2.24) is 20.1 Å². The Balaban J connectivity index is 1.64. The van der Waals surface area contributed by atoms with Gasteiger partial charge in [-0.05, 0) is 37.5 Å². The van der Waals surface area contributed by atoms with E-state index in [1.54, 1.807) is 0 Å². The lowest BCUT2D eigenvalue weighted by molar-refractivity contribution is 0.546. The largest absolute Gasteiger partial charge is 0.372 e. The number of hydrogen-bond donors (Lipinski definition) is 1. The molecule has 0 amide bonds. The van der Waals surface area contributed by atoms with Crippen molar-refractivity contribution in [2.24, 2.45) is 7.05 Å². The summed E-state index contributed by atoms with van der Waals surface area (Å²) >= 11 is 0. The van der Waals surface area contributed by atoms with Crippen molar-refractivity contribution in [3.05, 3.63) is 41.5 Å². The van der Waals surface area contributed by atoms with E-state index in [2.05, 4.69) is 63.1 Å². The van der Waals surface area contributed by atoms with E-state index in [-0.39, 0.29) is 0 Å². The summed E-state index contributed by atoms with van der Waals surface area (Å²) < 4.78 is 2.08. The maximum absolute atomic E-state index is 4.28. The minimum absolute atomic E-state index is 0.291. The summed E-state index contributed by atoms with van der Waals surface area (Å²) in [5.74, 6) is 2.02. The molecule has 1 aromatic heterocycles. The zero-order valence-electron chi connectivity index (χ0n) is 14.4. The first-order valence-corrected chi connectivity index (χ1v) is 8.64. The van der Waals surface area contributed by atoms with E-state index in [1.807, 2.05) is 7.05 Å². The lowest BCUT2D eigenvalue weighted by atomic mass is 10.1. The first-order chi connectivity index (χ1) is 11.2. The molecule has 3 rings (SSSR count). The van der Waals surface area contributed by atoms with Crippen molar-refractivity contribution in [1.29, 1.82) is 0 Å². The fourth-order valence-electron chi connectivity index (χ4n) is 3.19. The summed E-state index contributed by atoms with van der Waals surface area (Å²) in [6.45, 7) is 7.42. The smallest absolute Gasteiger partial charge is 0.146 e. The zero-order chi connectivity index (χ0) is 16.2. The average Bonchev–Trinajstić information content (AvgIpc) is 3.23. The molecule has 5 heteroatoms. The van der Waals surface area contributed by atoms with Crippen LogP contribution >= 0.6 is 0 Å². The molecule has 1 aliphatic rings. The summed E-state index contributed by atoms with van der Waals surface area (Å²) in [6.07, 6.45) is 3.53. The van der Waals surface area contributed by atoms with Crippen LogP contribution in [-0.2, 0) is 20.0 Å². The van der Waals surface area contributed by atoms with Gasteiger partial charge in [-0.3, -0.25) is 0 Å². The third-order valence-electron chi connectivity index (χ3n) is 4.78. The van der Waals surface area contributed by atoms with Crippen molar-refractivity contribution in [3.63, 3.8) is 0 Å². The van der Waals surface area contributed by atoms with Crippen LogP contribution in [0.3, 0.4) is 0 Å². The molecule has 1 saturated heterocycles. The molecule has 1 aliphatic heterocycles. The number of benzene rings is 1. The summed E-state index contributed by atoms with van der Waals surface area (Å²) in [5, 5.41) is 12.1. The van der Waals surface area contributed by atoms with Gasteiger partial charge in [-0.15, -0.1) is 10.2 Å². The Bertz CT molecular complexity index is 643. The average molecular weight is 313 g/mol. The van der Waals surface area contributed by atoms with Crippen LogP contribution in [0.15, 0.2) is 24.3 Å². The highest BCUT2D eigenvalue weighted by Gasteiger charge is 2.14. The van der Waals surface area contributed by atoms with Crippen LogP contribution in [0.4, 0.5) is 5.69 Å². The van der Waals surface area contributed by atoms with Crippen LogP contribution in [0.2, 0.25) is 0 Å². The van der Waals surface area contributed by atoms with Gasteiger partial charge in [-0.2, -0.15) is 0 Å². The molecular formula is C18H27N5. The summed E-state index contributed by atoms with van der Waals surface area (Å²) in [6, 6.07) is 9.19. The first kappa shape index (κ1) is 16.0. The molecular weight excluding hydrogens is 286 g/mol. The Morgan fingerprint density at radius 3 is 2.61 bits per heavy atom. The molecule has 0 saturated carbocycles. The van der Waals surface area contributed by atoms with Crippen LogP contribution in [0.25, 0.3) is 0 Å². The fourth-order valence-corrected chi connectivity index (χ4v) is 3.19. The molecule has 124 valence electrons. The van der Waals surface area contributed by atoms with Crippen LogP contribution in [-0.4, -0.2) is 27.9 Å². The number of anilines is 1. The molecule has 1 aromatic carbocycles. The Kier molecular flexibility index (Phi) is 4.96. The summed E-state index contributed by atoms with van der Waals surface area (Å²) in [5.41, 5.74) is 2.67. The summed E-state index contributed by atoms with van der Waals surface area (Å²) in [7, 11) is 2.04. The van der Waals surface area contributed by atoms with E-state index in [4.69, 9.17) is 0 Å². The van der Waals surface area contributed by atoms with Crippen molar-refractivity contribution < 1.29 is 0 Å². The molecule has 0 spiro atoms. The quantitative estimate of drug-likeness (QED) is 0.891. The second-order valence-corrected chi connectivity index (χ2v) is 6.34. The molecule has 2 aromatic rings. The second-order valence-electron chi connectivity index (χ2n) is 6.34. The predicted molar refractivity (Wildman–Crippen MR) is 93.5 cm³/mol. The molecule has 0 bridgehead atoms. The fraction of sp³-hybridized carbons (Fsp3) is 0.556. The van der Waals surface area contributed by atoms with E-state index in [0.717, 1.165) is 24.6 Å². The lowest BCUT2D eigenvalue weighted by Gasteiger charge is -2.20. The molecule has 5 nitrogen and oxygen atoms in total. The number of hydrogen-bond acceptors (Lipinski definition) is 4. The number of nitrogens with one attached hydrogen (secondary N) is 1. The maximum atomic E-state index is 4.28. The van der Waals surface area contributed by atoms with Crippen LogP contribution in [0, 0.1) is 0 Å². The van der Waals surface area contributed by atoms with Gasteiger partial charge >= 0.3 is 0 Å². The highest BCUT2D eigenvalue weighted by Crippen LogP contribution is 2.24. The molecule has 0 aliphatic carbocycles. The van der Waals surface area contributed by atoms with Crippen molar-refractivity contribution in [2.45, 2.75) is 45.7 Å². The van der Waals surface area contributed by atoms with E-state index in [0.29, 0.717) is 6.04 Å². The number of nitrogens with zero attached hydrogens (tertiary/aromatic N) is 4. The van der Waals surface area contributed by atoms with Crippen LogP contribution < -0.4 is 10.2 Å². The highest BCUT2D eigenvalue weighted by atomic mass is 15.3. The lowest BCUT2D eigenvalue weighted by Crippen LogP contribution is -2.21. The minimum atomic E-state index is 0.291. The van der Waals surface area contributed by atoms with Gasteiger partial charge < -0.3 is 14.8 Å². The normalized spacial score (nSPS) is 16.0. The van der Waals surface area contributed by atoms with Gasteiger partial charge in [-0.25, -0.2) is 0 Å². The summed E-state index contributed by atoms with van der Waals surface area (Å²) in [4.78, 5) is 2.48. The Labute approximate surface area is 138 Å². The van der Waals surface area contributed by atoms with Gasteiger partial charge in [-0.1, -0.05) is 19.1 Å². The van der Waals surface area contributed by atoms with E-state index in [1.165, 1.54) is 37.2 Å². The van der Waals surface area contributed by atoms with Crippen molar-refractivity contribution >= 4 is 5.69 Å². The standard InChI is InChI=1S/C18H27N5/c1-4-17-20-21-18(22(17)3)13-19-14(2)15-8-7-9-16(12-15)23-10-5-6-11-23/h7-9,12,14,19H,4-6,10-11,13H2,1-3H3. The van der Waals surface area contributed by atoms with E-state index in [9.17, 15) is 0 Å². The Morgan fingerprint density at radius 2 is 1.91 bits per heavy atom. The minimum Gasteiger partial charge on any atom is -0.372 e. The third-order valence-corrected chi connectivity index (χ3v) is 4.78. The molecule has 1 fully saturated rings. The second kappa shape index (κ2) is 7.13. The van der Waals surface area contributed by atoms with E-state index >= 15 is 0 Å². The Morgan fingerprint density at radius 1 is 1.17 bits per heavy atom. The maximum Gasteiger partial charge on any atom is 0.146 e. The van der Waals surface area contributed by atoms with Crippen molar-refractivity contribution in [2.75, 3.05) is 18.0 Å². The molecule has 23 heavy (non-hydrogen) atoms. The van der Waals surface area contributed by atoms with Gasteiger partial charge in [0.05, 0.1) is 6.54 Å². The van der Waals surface area contributed by atoms with Gasteiger partial charge in [0.25, 0.3) is 0 Å². The topological polar surface area (TPSA) is 46.0 Å². The number of aromatic nitrogens is 3. The number of rotatable bonds is 6. The molecule has 0 radical (unpaired) electrons. The first-order valence-electron chi connectivity index (χ1n) is 8.64. The van der Waals surface area contributed by atoms with Gasteiger partial charge in [0, 0.05) is 38.3 Å². The molecule has 2 heterocycles. The molecule has 1 N–H and O–H groups in total. The van der Waals surface area contributed by atoms with Crippen LogP contribution in [0.1, 0.15) is 49.9 Å². The van der Waals surface area contributed by atoms with Gasteiger partial charge in [0.1, 0.15) is 11.6 Å².